The number of amides is 1. The van der Waals surface area contributed by atoms with Crippen molar-refractivity contribution < 1.29 is 4.79 Å². The monoisotopic (exact) mass is 331 g/mol. The molecule has 6 nitrogen and oxygen atoms in total. The van der Waals surface area contributed by atoms with Gasteiger partial charge in [0.2, 0.25) is 16.2 Å². The van der Waals surface area contributed by atoms with E-state index < -0.39 is 0 Å². The van der Waals surface area contributed by atoms with E-state index in [1.54, 1.807) is 0 Å². The highest BCUT2D eigenvalue weighted by Gasteiger charge is 2.19. The van der Waals surface area contributed by atoms with Gasteiger partial charge in [0, 0.05) is 38.5 Å². The highest BCUT2D eigenvalue weighted by molar-refractivity contribution is 7.19. The lowest BCUT2D eigenvalue weighted by Crippen LogP contribution is -2.46. The molecule has 1 aromatic heterocycles. The van der Waals surface area contributed by atoms with Crippen molar-refractivity contribution in [3.05, 3.63) is 0 Å². The van der Waals surface area contributed by atoms with Crippen molar-refractivity contribution in [1.29, 1.82) is 0 Å². The zero-order chi connectivity index (χ0) is 15.1. The standard InChI is InChI=1S/C13H22ClN5OS/c1-2-18-7-9-19(10-8-18)13-17-16-12(21-13)15-11(20)5-3-4-6-14/h2-10H2,1H3,(H,15,16,20). The number of halogens is 1. The first-order chi connectivity index (χ1) is 10.2. The molecule has 0 atom stereocenters. The molecule has 1 aliphatic rings. The van der Waals surface area contributed by atoms with Crippen molar-refractivity contribution >= 4 is 39.1 Å². The third-order valence-corrected chi connectivity index (χ3v) is 4.70. The lowest BCUT2D eigenvalue weighted by atomic mass is 10.2. The summed E-state index contributed by atoms with van der Waals surface area (Å²) in [6.07, 6.45) is 2.15. The molecule has 8 heteroatoms. The van der Waals surface area contributed by atoms with Crippen molar-refractivity contribution in [3.63, 3.8) is 0 Å². The van der Waals surface area contributed by atoms with Crippen LogP contribution in [0.2, 0.25) is 0 Å². The number of hydrogen-bond acceptors (Lipinski definition) is 6. The van der Waals surface area contributed by atoms with Crippen molar-refractivity contribution in [2.75, 3.05) is 48.8 Å². The van der Waals surface area contributed by atoms with Gasteiger partial charge >= 0.3 is 0 Å². The van der Waals surface area contributed by atoms with E-state index in [4.69, 9.17) is 11.6 Å². The van der Waals surface area contributed by atoms with Gasteiger partial charge in [-0.3, -0.25) is 4.79 Å². The zero-order valence-corrected chi connectivity index (χ0v) is 13.9. The number of likely N-dealkylation sites (N-methyl/N-ethyl adjacent to an activating group) is 1. The van der Waals surface area contributed by atoms with Crippen LogP contribution in [0.4, 0.5) is 10.3 Å². The van der Waals surface area contributed by atoms with Gasteiger partial charge in [-0.1, -0.05) is 18.3 Å². The molecule has 1 fully saturated rings. The first kappa shape index (κ1) is 16.5. The molecule has 2 heterocycles. The van der Waals surface area contributed by atoms with Crippen molar-refractivity contribution in [1.82, 2.24) is 15.1 Å². The minimum atomic E-state index is -0.0152. The molecule has 1 amide bonds. The molecule has 0 radical (unpaired) electrons. The molecule has 1 aliphatic heterocycles. The molecule has 0 saturated carbocycles. The Morgan fingerprint density at radius 1 is 1.29 bits per heavy atom. The van der Waals surface area contributed by atoms with Crippen LogP contribution < -0.4 is 10.2 Å². The number of unbranched alkanes of at least 4 members (excludes halogenated alkanes) is 1. The van der Waals surface area contributed by atoms with E-state index in [0.717, 1.165) is 50.7 Å². The van der Waals surface area contributed by atoms with Crippen molar-refractivity contribution in [2.24, 2.45) is 0 Å². The first-order valence-corrected chi connectivity index (χ1v) is 8.74. The molecule has 0 unspecified atom stereocenters. The minimum Gasteiger partial charge on any atom is -0.344 e. The number of piperazine rings is 1. The Labute approximate surface area is 134 Å². The number of rotatable bonds is 7. The number of nitrogens with zero attached hydrogens (tertiary/aromatic N) is 4. The lowest BCUT2D eigenvalue weighted by molar-refractivity contribution is -0.116. The van der Waals surface area contributed by atoms with E-state index in [-0.39, 0.29) is 5.91 Å². The van der Waals surface area contributed by atoms with Crippen LogP contribution in [0, 0.1) is 0 Å². The molecule has 1 N–H and O–H groups in total. The molecule has 0 aliphatic carbocycles. The summed E-state index contributed by atoms with van der Waals surface area (Å²) in [4.78, 5) is 16.4. The van der Waals surface area contributed by atoms with Gasteiger partial charge in [0.25, 0.3) is 0 Å². The van der Waals surface area contributed by atoms with E-state index in [2.05, 4.69) is 32.2 Å². The number of hydrogen-bond donors (Lipinski definition) is 1. The third kappa shape index (κ3) is 5.09. The van der Waals surface area contributed by atoms with Crippen LogP contribution in [0.25, 0.3) is 0 Å². The number of anilines is 2. The summed E-state index contributed by atoms with van der Waals surface area (Å²) in [6, 6.07) is 0. The zero-order valence-electron chi connectivity index (χ0n) is 12.3. The quantitative estimate of drug-likeness (QED) is 0.612. The van der Waals surface area contributed by atoms with Gasteiger partial charge in [-0.25, -0.2) is 0 Å². The number of nitrogens with one attached hydrogen (secondary N) is 1. The van der Waals surface area contributed by atoms with Crippen LogP contribution in [0.5, 0.6) is 0 Å². The molecule has 1 aromatic rings. The normalized spacial score (nSPS) is 16.2. The number of aromatic nitrogens is 2. The largest absolute Gasteiger partial charge is 0.344 e. The smallest absolute Gasteiger partial charge is 0.226 e. The van der Waals surface area contributed by atoms with Crippen LogP contribution in [0.1, 0.15) is 26.2 Å². The molecular formula is C13H22ClN5OS. The van der Waals surface area contributed by atoms with Crippen LogP contribution in [0.3, 0.4) is 0 Å². The fourth-order valence-corrected chi connectivity index (χ4v) is 3.21. The van der Waals surface area contributed by atoms with Gasteiger partial charge in [-0.15, -0.1) is 21.8 Å². The maximum Gasteiger partial charge on any atom is 0.226 e. The summed E-state index contributed by atoms with van der Waals surface area (Å²) in [5.74, 6) is 0.582. The topological polar surface area (TPSA) is 61.4 Å². The molecule has 1 saturated heterocycles. The Hall–Kier alpha value is -0.920. The van der Waals surface area contributed by atoms with E-state index >= 15 is 0 Å². The van der Waals surface area contributed by atoms with Crippen LogP contribution in [-0.2, 0) is 4.79 Å². The highest BCUT2D eigenvalue weighted by Crippen LogP contribution is 2.25. The molecule has 21 heavy (non-hydrogen) atoms. The van der Waals surface area contributed by atoms with Gasteiger partial charge in [0.1, 0.15) is 0 Å². The molecule has 0 spiro atoms. The predicted octanol–water partition coefficient (Wildman–Crippen LogP) is 2.03. The summed E-state index contributed by atoms with van der Waals surface area (Å²) >= 11 is 7.04. The molecule has 118 valence electrons. The Balaban J connectivity index is 1.80. The second kappa shape index (κ2) is 8.51. The summed E-state index contributed by atoms with van der Waals surface area (Å²) in [6.45, 7) is 7.30. The maximum absolute atomic E-state index is 11.7. The van der Waals surface area contributed by atoms with Gasteiger partial charge in [0.05, 0.1) is 0 Å². The average molecular weight is 332 g/mol. The second-order valence-electron chi connectivity index (χ2n) is 5.01. The van der Waals surface area contributed by atoms with Gasteiger partial charge < -0.3 is 15.1 Å². The van der Waals surface area contributed by atoms with Crippen LogP contribution in [-0.4, -0.2) is 59.6 Å². The summed E-state index contributed by atoms with van der Waals surface area (Å²) < 4.78 is 0. The number of carbonyl (C=O) groups excluding carboxylic acids is 1. The highest BCUT2D eigenvalue weighted by atomic mass is 35.5. The Bertz CT molecular complexity index is 448. The fourth-order valence-electron chi connectivity index (χ4n) is 2.21. The minimum absolute atomic E-state index is 0.0152. The summed E-state index contributed by atoms with van der Waals surface area (Å²) in [5, 5.41) is 12.5. The van der Waals surface area contributed by atoms with Crippen molar-refractivity contribution in [3.8, 4) is 0 Å². The number of alkyl halides is 1. The van der Waals surface area contributed by atoms with Crippen molar-refractivity contribution in [2.45, 2.75) is 26.2 Å². The number of carbonyl (C=O) groups is 1. The van der Waals surface area contributed by atoms with Gasteiger partial charge in [-0.2, -0.15) is 0 Å². The third-order valence-electron chi connectivity index (χ3n) is 3.54. The lowest BCUT2D eigenvalue weighted by Gasteiger charge is -2.33. The summed E-state index contributed by atoms with van der Waals surface area (Å²) in [7, 11) is 0. The maximum atomic E-state index is 11.7. The Kier molecular flexibility index (Phi) is 6.66. The van der Waals surface area contributed by atoms with Crippen LogP contribution >= 0.6 is 22.9 Å². The Morgan fingerprint density at radius 2 is 2.05 bits per heavy atom. The van der Waals surface area contributed by atoms with E-state index in [1.165, 1.54) is 11.3 Å². The first-order valence-electron chi connectivity index (χ1n) is 7.39. The van der Waals surface area contributed by atoms with Gasteiger partial charge in [0.15, 0.2) is 0 Å². The SMILES string of the molecule is CCN1CCN(c2nnc(NC(=O)CCCCCl)s2)CC1. The molecule has 0 aromatic carbocycles. The van der Waals surface area contributed by atoms with Gasteiger partial charge in [-0.05, 0) is 19.4 Å². The molecule has 2 rings (SSSR count). The second-order valence-corrected chi connectivity index (χ2v) is 6.34. The predicted molar refractivity (Wildman–Crippen MR) is 87.4 cm³/mol. The van der Waals surface area contributed by atoms with E-state index in [9.17, 15) is 4.79 Å². The van der Waals surface area contributed by atoms with Crippen LogP contribution in [0.15, 0.2) is 0 Å². The van der Waals surface area contributed by atoms with E-state index in [1.807, 2.05) is 0 Å². The average Bonchev–Trinajstić information content (AvgIpc) is 2.96. The molecule has 0 bridgehead atoms. The fraction of sp³-hybridized carbons (Fsp3) is 0.769. The Morgan fingerprint density at radius 3 is 2.71 bits per heavy atom. The summed E-state index contributed by atoms with van der Waals surface area (Å²) in [5.41, 5.74) is 0. The van der Waals surface area contributed by atoms with E-state index in [0.29, 0.717) is 17.4 Å². The molecular weight excluding hydrogens is 310 g/mol.